The minimum Gasteiger partial charge on any atom is -0.358 e. The minimum atomic E-state index is -0.510. The second kappa shape index (κ2) is 5.19. The molecule has 0 spiro atoms. The van der Waals surface area contributed by atoms with Crippen molar-refractivity contribution in [3.05, 3.63) is 38.7 Å². The van der Waals surface area contributed by atoms with Crippen LogP contribution in [-0.4, -0.2) is 28.5 Å². The SMILES string of the molecule is Cn1c([N+](=O)[O-])cnc1CC(=S=O)c1nccs1. The van der Waals surface area contributed by atoms with Crippen LogP contribution in [0.15, 0.2) is 17.8 Å². The van der Waals surface area contributed by atoms with Crippen molar-refractivity contribution in [2.75, 3.05) is 0 Å². The van der Waals surface area contributed by atoms with Gasteiger partial charge in [0.2, 0.25) is 5.82 Å². The highest BCUT2D eigenvalue weighted by Crippen LogP contribution is 2.14. The Balaban J connectivity index is 2.29. The van der Waals surface area contributed by atoms with E-state index in [9.17, 15) is 14.3 Å². The molecule has 2 rings (SSSR count). The average Bonchev–Trinajstić information content (AvgIpc) is 2.96. The molecule has 0 saturated carbocycles. The third-order valence-electron chi connectivity index (χ3n) is 2.34. The largest absolute Gasteiger partial charge is 0.358 e. The molecule has 9 heteroatoms. The van der Waals surface area contributed by atoms with E-state index in [-0.39, 0.29) is 12.2 Å². The highest BCUT2D eigenvalue weighted by Gasteiger charge is 2.19. The van der Waals surface area contributed by atoms with Crippen molar-refractivity contribution in [3.8, 4) is 0 Å². The molecule has 0 aliphatic rings. The van der Waals surface area contributed by atoms with Gasteiger partial charge in [0.15, 0.2) is 0 Å². The van der Waals surface area contributed by atoms with Gasteiger partial charge in [0.25, 0.3) is 0 Å². The molecule has 0 radical (unpaired) electrons. The number of hydrogen-bond acceptors (Lipinski definition) is 6. The summed E-state index contributed by atoms with van der Waals surface area (Å²) in [6.45, 7) is 0. The molecule has 2 heterocycles. The first-order valence-electron chi connectivity index (χ1n) is 4.84. The Bertz CT molecular complexity index is 628. The van der Waals surface area contributed by atoms with Gasteiger partial charge in [-0.1, -0.05) is 0 Å². The first-order chi connectivity index (χ1) is 8.63. The first kappa shape index (κ1) is 12.6. The summed E-state index contributed by atoms with van der Waals surface area (Å²) in [5, 5.41) is 13.1. The van der Waals surface area contributed by atoms with Crippen LogP contribution in [0.4, 0.5) is 5.82 Å². The van der Waals surface area contributed by atoms with Gasteiger partial charge in [-0.2, -0.15) is 0 Å². The third-order valence-corrected chi connectivity index (χ3v) is 3.84. The van der Waals surface area contributed by atoms with Gasteiger partial charge in [0.05, 0.1) is 29.6 Å². The highest BCUT2D eigenvalue weighted by molar-refractivity contribution is 7.67. The number of rotatable bonds is 4. The number of nitro groups is 1. The maximum Gasteiger partial charge on any atom is 0.342 e. The van der Waals surface area contributed by atoms with Crippen LogP contribution >= 0.6 is 11.3 Å². The summed E-state index contributed by atoms with van der Waals surface area (Å²) in [6, 6.07) is 0. The van der Waals surface area contributed by atoms with E-state index in [0.717, 1.165) is 0 Å². The van der Waals surface area contributed by atoms with Gasteiger partial charge in [-0.3, -0.25) is 0 Å². The van der Waals surface area contributed by atoms with Crippen LogP contribution in [-0.2, 0) is 24.7 Å². The van der Waals surface area contributed by atoms with Crippen molar-refractivity contribution < 1.29 is 9.13 Å². The summed E-state index contributed by atoms with van der Waals surface area (Å²) >= 11 is 1.69. The zero-order valence-corrected chi connectivity index (χ0v) is 10.9. The molecular weight excluding hydrogens is 276 g/mol. The number of aromatic nitrogens is 3. The Morgan fingerprint density at radius 3 is 2.89 bits per heavy atom. The van der Waals surface area contributed by atoms with Crippen LogP contribution < -0.4 is 0 Å². The zero-order chi connectivity index (χ0) is 13.1. The van der Waals surface area contributed by atoms with E-state index >= 15 is 0 Å². The Morgan fingerprint density at radius 2 is 2.39 bits per heavy atom. The molecule has 0 aliphatic carbocycles. The minimum absolute atomic E-state index is 0.0978. The molecule has 0 bridgehead atoms. The lowest BCUT2D eigenvalue weighted by atomic mass is 10.3. The van der Waals surface area contributed by atoms with Crippen LogP contribution in [0.2, 0.25) is 0 Å². The molecule has 0 N–H and O–H groups in total. The van der Waals surface area contributed by atoms with E-state index in [1.807, 2.05) is 0 Å². The van der Waals surface area contributed by atoms with Crippen molar-refractivity contribution in [2.45, 2.75) is 6.42 Å². The molecule has 0 unspecified atom stereocenters. The fraction of sp³-hybridized carbons (Fsp3) is 0.222. The number of thiazole rings is 1. The topological polar surface area (TPSA) is 90.9 Å². The van der Waals surface area contributed by atoms with Gasteiger partial charge in [0, 0.05) is 11.6 Å². The maximum atomic E-state index is 11.1. The van der Waals surface area contributed by atoms with Crippen molar-refractivity contribution in [1.29, 1.82) is 0 Å². The van der Waals surface area contributed by atoms with Gasteiger partial charge in [0.1, 0.15) is 11.2 Å². The van der Waals surface area contributed by atoms with Crippen LogP contribution in [0.5, 0.6) is 0 Å². The Morgan fingerprint density at radius 1 is 1.61 bits per heavy atom. The molecule has 0 saturated heterocycles. The Hall–Kier alpha value is -1.87. The number of nitrogens with zero attached hydrogens (tertiary/aromatic N) is 4. The highest BCUT2D eigenvalue weighted by atomic mass is 32.1. The fourth-order valence-corrected chi connectivity index (χ4v) is 2.55. The van der Waals surface area contributed by atoms with Gasteiger partial charge in [-0.25, -0.2) is 18.7 Å². The first-order valence-corrected chi connectivity index (χ1v) is 6.46. The van der Waals surface area contributed by atoms with Crippen LogP contribution in [0.1, 0.15) is 10.8 Å². The summed E-state index contributed by atoms with van der Waals surface area (Å²) < 4.78 is 12.4. The molecule has 2 aromatic heterocycles. The van der Waals surface area contributed by atoms with Crippen molar-refractivity contribution in [3.63, 3.8) is 0 Å². The lowest BCUT2D eigenvalue weighted by molar-refractivity contribution is -0.391. The quantitative estimate of drug-likeness (QED) is 0.358. The van der Waals surface area contributed by atoms with Gasteiger partial charge in [-0.05, 0) is 4.92 Å². The molecular formula is C9H8N4O3S2. The number of hydrogen-bond donors (Lipinski definition) is 0. The van der Waals surface area contributed by atoms with E-state index in [2.05, 4.69) is 9.97 Å². The predicted octanol–water partition coefficient (Wildman–Crippen LogP) is 0.761. The average molecular weight is 284 g/mol. The molecule has 2 aromatic rings. The molecule has 18 heavy (non-hydrogen) atoms. The predicted molar refractivity (Wildman–Crippen MR) is 67.9 cm³/mol. The van der Waals surface area contributed by atoms with Crippen molar-refractivity contribution in [2.24, 2.45) is 7.05 Å². The summed E-state index contributed by atoms with van der Waals surface area (Å²) in [5.41, 5.74) is 0. The molecule has 0 atom stereocenters. The normalized spacial score (nSPS) is 10.3. The molecule has 0 aliphatic heterocycles. The van der Waals surface area contributed by atoms with Gasteiger partial charge in [-0.15, -0.1) is 11.3 Å². The van der Waals surface area contributed by atoms with E-state index in [4.69, 9.17) is 0 Å². The van der Waals surface area contributed by atoms with Gasteiger partial charge < -0.3 is 10.1 Å². The summed E-state index contributed by atoms with van der Waals surface area (Å²) in [5.74, 6) is 0.370. The van der Waals surface area contributed by atoms with E-state index in [1.54, 1.807) is 18.6 Å². The standard InChI is InChI=1S/C9H8N4O3S2/c1-12-7(11-5-8(12)13(14)15)4-6(18-16)9-10-2-3-17-9/h2-3,5H,4H2,1H3. The van der Waals surface area contributed by atoms with Crippen LogP contribution in [0, 0.1) is 10.1 Å². The maximum absolute atomic E-state index is 11.1. The van der Waals surface area contributed by atoms with Crippen LogP contribution in [0.25, 0.3) is 0 Å². The Labute approximate surface area is 109 Å². The molecule has 0 aromatic carbocycles. The fourth-order valence-electron chi connectivity index (χ4n) is 1.42. The Kier molecular flexibility index (Phi) is 3.63. The smallest absolute Gasteiger partial charge is 0.342 e. The van der Waals surface area contributed by atoms with Gasteiger partial charge >= 0.3 is 5.82 Å². The van der Waals surface area contributed by atoms with Crippen molar-refractivity contribution in [1.82, 2.24) is 14.5 Å². The third kappa shape index (κ3) is 2.36. The van der Waals surface area contributed by atoms with E-state index in [0.29, 0.717) is 27.0 Å². The van der Waals surface area contributed by atoms with Crippen molar-refractivity contribution >= 4 is 33.3 Å². The lowest BCUT2D eigenvalue weighted by Crippen LogP contribution is -2.10. The molecule has 7 nitrogen and oxygen atoms in total. The molecule has 0 amide bonds. The second-order valence-electron chi connectivity index (χ2n) is 3.37. The summed E-state index contributed by atoms with van der Waals surface area (Å²) in [7, 11) is 1.55. The lowest BCUT2D eigenvalue weighted by Gasteiger charge is -1.98. The molecule has 0 fully saturated rings. The summed E-state index contributed by atoms with van der Waals surface area (Å²) in [4.78, 5) is 18.7. The van der Waals surface area contributed by atoms with E-state index < -0.39 is 4.92 Å². The monoisotopic (exact) mass is 284 g/mol. The number of imidazole rings is 1. The second-order valence-corrected chi connectivity index (χ2v) is 4.92. The van der Waals surface area contributed by atoms with Crippen LogP contribution in [0.3, 0.4) is 0 Å². The van der Waals surface area contributed by atoms with E-state index in [1.165, 1.54) is 22.1 Å². The zero-order valence-electron chi connectivity index (χ0n) is 9.27. The summed E-state index contributed by atoms with van der Waals surface area (Å²) in [6.07, 6.45) is 3.04. The molecule has 94 valence electrons.